The highest BCUT2D eigenvalue weighted by molar-refractivity contribution is 7.92. The summed E-state index contributed by atoms with van der Waals surface area (Å²) in [7, 11) is -3.78. The highest BCUT2D eigenvalue weighted by atomic mass is 35.5. The molecule has 0 aliphatic rings. The van der Waals surface area contributed by atoms with Crippen LogP contribution in [0.15, 0.2) is 72.8 Å². The molecule has 3 aromatic rings. The minimum absolute atomic E-state index is 0.0157. The molecule has 0 spiro atoms. The van der Waals surface area contributed by atoms with Gasteiger partial charge in [0.25, 0.3) is 5.91 Å². The van der Waals surface area contributed by atoms with Crippen LogP contribution in [-0.2, 0) is 20.2 Å². The summed E-state index contributed by atoms with van der Waals surface area (Å²) in [5, 5.41) is 5.91. The van der Waals surface area contributed by atoms with Gasteiger partial charge in [-0.2, -0.15) is 0 Å². The SMILES string of the molecule is C[C@H](C(=O)Nc1cccc(NC(=O)c2ccc(C(C)(C)C)cc2)c1)N(c1cccc(Cl)c1)S(C)(=O)=O. The Morgan fingerprint density at radius 1 is 0.889 bits per heavy atom. The molecule has 0 heterocycles. The van der Waals surface area contributed by atoms with Crippen molar-refractivity contribution >= 4 is 50.5 Å². The van der Waals surface area contributed by atoms with Crippen LogP contribution in [-0.4, -0.2) is 32.5 Å². The van der Waals surface area contributed by atoms with Crippen LogP contribution < -0.4 is 14.9 Å². The Morgan fingerprint density at radius 3 is 2.03 bits per heavy atom. The van der Waals surface area contributed by atoms with Crippen molar-refractivity contribution in [2.75, 3.05) is 21.2 Å². The molecule has 0 bridgehead atoms. The standard InChI is InChI=1S/C27H30ClN3O4S/c1-18(31(36(5,34)35)24-11-6-8-21(28)16-24)25(32)29-22-9-7-10-23(17-22)30-26(33)19-12-14-20(15-13-19)27(2,3)4/h6-18H,1-5H3,(H,29,32)(H,30,33)/t18-/m1/s1. The molecule has 2 N–H and O–H groups in total. The van der Waals surface area contributed by atoms with Crippen molar-refractivity contribution in [2.24, 2.45) is 0 Å². The molecule has 0 aromatic heterocycles. The Labute approximate surface area is 217 Å². The summed E-state index contributed by atoms with van der Waals surface area (Å²) >= 11 is 6.03. The van der Waals surface area contributed by atoms with Crippen molar-refractivity contribution in [2.45, 2.75) is 39.2 Å². The number of amides is 2. The maximum atomic E-state index is 13.0. The number of hydrogen-bond acceptors (Lipinski definition) is 4. The fraction of sp³-hybridized carbons (Fsp3) is 0.259. The van der Waals surface area contributed by atoms with E-state index in [0.29, 0.717) is 22.0 Å². The Morgan fingerprint density at radius 2 is 1.47 bits per heavy atom. The lowest BCUT2D eigenvalue weighted by molar-refractivity contribution is -0.116. The fourth-order valence-corrected chi connectivity index (χ4v) is 5.02. The van der Waals surface area contributed by atoms with Gasteiger partial charge in [0.1, 0.15) is 6.04 Å². The smallest absolute Gasteiger partial charge is 0.255 e. The van der Waals surface area contributed by atoms with E-state index < -0.39 is 22.0 Å². The van der Waals surface area contributed by atoms with Crippen LogP contribution in [0.4, 0.5) is 17.1 Å². The topological polar surface area (TPSA) is 95.6 Å². The minimum atomic E-state index is -3.78. The molecule has 190 valence electrons. The van der Waals surface area contributed by atoms with Gasteiger partial charge in [0.2, 0.25) is 15.9 Å². The van der Waals surface area contributed by atoms with Crippen molar-refractivity contribution in [1.82, 2.24) is 0 Å². The number of hydrogen-bond donors (Lipinski definition) is 2. The molecular weight excluding hydrogens is 498 g/mol. The number of anilines is 3. The second-order valence-electron chi connectivity index (χ2n) is 9.57. The molecule has 0 aliphatic carbocycles. The fourth-order valence-electron chi connectivity index (χ4n) is 3.67. The van der Waals surface area contributed by atoms with Crippen molar-refractivity contribution in [3.8, 4) is 0 Å². The quantitative estimate of drug-likeness (QED) is 0.413. The van der Waals surface area contributed by atoms with Gasteiger partial charge in [0.05, 0.1) is 11.9 Å². The van der Waals surface area contributed by atoms with E-state index in [4.69, 9.17) is 11.6 Å². The van der Waals surface area contributed by atoms with Crippen molar-refractivity contribution in [3.05, 3.63) is 88.9 Å². The predicted molar refractivity (Wildman–Crippen MR) is 146 cm³/mol. The number of rotatable bonds is 7. The van der Waals surface area contributed by atoms with E-state index in [1.165, 1.54) is 13.0 Å². The number of carbonyl (C=O) groups is 2. The van der Waals surface area contributed by atoms with Crippen LogP contribution in [0.1, 0.15) is 43.6 Å². The normalized spacial score (nSPS) is 12.5. The molecule has 1 atom stereocenters. The molecule has 0 unspecified atom stereocenters. The van der Waals surface area contributed by atoms with E-state index in [9.17, 15) is 18.0 Å². The van der Waals surface area contributed by atoms with E-state index in [1.54, 1.807) is 54.6 Å². The molecule has 7 nitrogen and oxygen atoms in total. The van der Waals surface area contributed by atoms with E-state index >= 15 is 0 Å². The zero-order chi connectivity index (χ0) is 26.7. The second-order valence-corrected chi connectivity index (χ2v) is 11.9. The van der Waals surface area contributed by atoms with E-state index in [-0.39, 0.29) is 17.0 Å². The van der Waals surface area contributed by atoms with E-state index in [2.05, 4.69) is 31.4 Å². The maximum Gasteiger partial charge on any atom is 0.255 e. The average molecular weight is 528 g/mol. The van der Waals surface area contributed by atoms with Crippen molar-refractivity contribution < 1.29 is 18.0 Å². The molecule has 0 saturated heterocycles. The zero-order valence-corrected chi connectivity index (χ0v) is 22.4. The summed E-state index contributed by atoms with van der Waals surface area (Å²) in [4.78, 5) is 25.7. The van der Waals surface area contributed by atoms with Crippen LogP contribution in [0.5, 0.6) is 0 Å². The van der Waals surface area contributed by atoms with Gasteiger partial charge in [0.15, 0.2) is 0 Å². The largest absolute Gasteiger partial charge is 0.324 e. The van der Waals surface area contributed by atoms with Crippen LogP contribution >= 0.6 is 11.6 Å². The molecule has 36 heavy (non-hydrogen) atoms. The Kier molecular flexibility index (Phi) is 8.11. The number of benzene rings is 3. The summed E-state index contributed by atoms with van der Waals surface area (Å²) in [5.74, 6) is -0.821. The van der Waals surface area contributed by atoms with Gasteiger partial charge in [-0.25, -0.2) is 8.42 Å². The first-order chi connectivity index (χ1) is 16.8. The summed E-state index contributed by atoms with van der Waals surface area (Å²) < 4.78 is 26.0. The molecular formula is C27H30ClN3O4S. The number of nitrogens with zero attached hydrogens (tertiary/aromatic N) is 1. The molecule has 9 heteroatoms. The first kappa shape index (κ1) is 27.2. The van der Waals surface area contributed by atoms with Crippen molar-refractivity contribution in [3.63, 3.8) is 0 Å². The molecule has 0 saturated carbocycles. The first-order valence-corrected chi connectivity index (χ1v) is 13.6. The Hall–Kier alpha value is -3.36. The van der Waals surface area contributed by atoms with Crippen LogP contribution in [0, 0.1) is 0 Å². The summed E-state index contributed by atoms with van der Waals surface area (Å²) in [6, 6.07) is 19.3. The predicted octanol–water partition coefficient (Wildman–Crippen LogP) is 5.68. The Balaban J connectivity index is 1.74. The number of halogens is 1. The lowest BCUT2D eigenvalue weighted by atomic mass is 9.87. The second kappa shape index (κ2) is 10.7. The molecule has 2 amide bonds. The third-order valence-corrected chi connectivity index (χ3v) is 7.03. The van der Waals surface area contributed by atoms with Gasteiger partial charge >= 0.3 is 0 Å². The van der Waals surface area contributed by atoms with Gasteiger partial charge in [0, 0.05) is 22.0 Å². The van der Waals surface area contributed by atoms with E-state index in [1.807, 2.05) is 12.1 Å². The summed E-state index contributed by atoms with van der Waals surface area (Å²) in [6.45, 7) is 7.80. The lowest BCUT2D eigenvalue weighted by Crippen LogP contribution is -2.45. The number of nitrogens with one attached hydrogen (secondary N) is 2. The van der Waals surface area contributed by atoms with Crippen molar-refractivity contribution in [1.29, 1.82) is 0 Å². The first-order valence-electron chi connectivity index (χ1n) is 11.3. The average Bonchev–Trinajstić information content (AvgIpc) is 2.78. The van der Waals surface area contributed by atoms with Gasteiger partial charge in [-0.05, 0) is 66.4 Å². The lowest BCUT2D eigenvalue weighted by Gasteiger charge is -2.28. The van der Waals surface area contributed by atoms with Crippen LogP contribution in [0.3, 0.4) is 0 Å². The molecule has 3 aromatic carbocycles. The van der Waals surface area contributed by atoms with Crippen LogP contribution in [0.2, 0.25) is 5.02 Å². The monoisotopic (exact) mass is 527 g/mol. The van der Waals surface area contributed by atoms with Gasteiger partial charge < -0.3 is 10.6 Å². The molecule has 0 fully saturated rings. The summed E-state index contributed by atoms with van der Waals surface area (Å²) in [5.41, 5.74) is 2.80. The zero-order valence-electron chi connectivity index (χ0n) is 20.9. The highest BCUT2D eigenvalue weighted by Gasteiger charge is 2.29. The third kappa shape index (κ3) is 6.86. The van der Waals surface area contributed by atoms with Gasteiger partial charge in [-0.1, -0.05) is 56.6 Å². The minimum Gasteiger partial charge on any atom is -0.324 e. The highest BCUT2D eigenvalue weighted by Crippen LogP contribution is 2.26. The van der Waals surface area contributed by atoms with E-state index in [0.717, 1.165) is 16.1 Å². The van der Waals surface area contributed by atoms with Gasteiger partial charge in [-0.3, -0.25) is 13.9 Å². The number of carbonyl (C=O) groups excluding carboxylic acids is 2. The number of sulfonamides is 1. The third-order valence-electron chi connectivity index (χ3n) is 5.55. The van der Waals surface area contributed by atoms with Crippen LogP contribution in [0.25, 0.3) is 0 Å². The molecule has 0 radical (unpaired) electrons. The summed E-state index contributed by atoms with van der Waals surface area (Å²) in [6.07, 6.45) is 1.03. The Bertz CT molecular complexity index is 1370. The van der Waals surface area contributed by atoms with Gasteiger partial charge in [-0.15, -0.1) is 0 Å². The molecule has 0 aliphatic heterocycles. The maximum absolute atomic E-state index is 13.0. The molecule has 3 rings (SSSR count).